The van der Waals surface area contributed by atoms with E-state index in [1.807, 2.05) is 0 Å². The standard InChI is InChI=1S/C19H22O6/c1-9-7-17-8-18(9,24)5-3-10(17)19-6-4-11(20)16(2,15(23)25-19)13(19)12(17)14(21)22/h4,6,10-13,20,24H,1,3,5,7-8H2,2H3,(H,21,22)/t10-,11-,12+,13+,16+,17+,18-,19-/m1/s1. The van der Waals surface area contributed by atoms with Gasteiger partial charge in [0.25, 0.3) is 0 Å². The fraction of sp³-hybridized carbons (Fsp3) is 0.684. The number of rotatable bonds is 1. The number of carboxylic acid groups (broad SMARTS) is 1. The van der Waals surface area contributed by atoms with Crippen LogP contribution in [-0.2, 0) is 14.3 Å². The zero-order valence-electron chi connectivity index (χ0n) is 14.1. The Hall–Kier alpha value is -1.66. The van der Waals surface area contributed by atoms with Gasteiger partial charge in [-0.15, -0.1) is 0 Å². The maximum absolute atomic E-state index is 12.7. The minimum absolute atomic E-state index is 0.180. The molecule has 0 radical (unpaired) electrons. The van der Waals surface area contributed by atoms with E-state index in [2.05, 4.69) is 6.58 Å². The first kappa shape index (κ1) is 15.6. The SMILES string of the molecule is C=C1C[C@]23C[C@]1(O)CC[C@H]2[C@@]12C=C[C@@H](O)[C@](C)(C(=O)O1)[C@@H]2[C@H]3C(=O)O. The maximum Gasteiger partial charge on any atom is 0.316 e. The van der Waals surface area contributed by atoms with E-state index in [-0.39, 0.29) is 5.92 Å². The summed E-state index contributed by atoms with van der Waals surface area (Å²) in [6, 6.07) is 0. The Morgan fingerprint density at radius 1 is 1.44 bits per heavy atom. The van der Waals surface area contributed by atoms with Crippen LogP contribution in [0.3, 0.4) is 0 Å². The molecule has 134 valence electrons. The molecule has 5 rings (SSSR count). The number of carbonyl (C=O) groups is 2. The number of aliphatic carboxylic acids is 1. The van der Waals surface area contributed by atoms with Gasteiger partial charge in [0.2, 0.25) is 0 Å². The minimum Gasteiger partial charge on any atom is -0.481 e. The molecule has 4 fully saturated rings. The number of aliphatic hydroxyl groups excluding tert-OH is 1. The van der Waals surface area contributed by atoms with Gasteiger partial charge in [0, 0.05) is 11.8 Å². The van der Waals surface area contributed by atoms with Gasteiger partial charge in [-0.3, -0.25) is 9.59 Å². The van der Waals surface area contributed by atoms with Crippen LogP contribution in [-0.4, -0.2) is 44.6 Å². The molecule has 0 aromatic heterocycles. The van der Waals surface area contributed by atoms with Crippen LogP contribution in [0, 0.1) is 28.6 Å². The van der Waals surface area contributed by atoms with E-state index in [0.29, 0.717) is 31.3 Å². The fourth-order valence-corrected chi connectivity index (χ4v) is 7.13. The van der Waals surface area contributed by atoms with Crippen LogP contribution in [0.25, 0.3) is 0 Å². The number of fused-ring (bicyclic) bond motifs is 1. The molecule has 0 unspecified atom stereocenters. The minimum atomic E-state index is -1.27. The monoisotopic (exact) mass is 346 g/mol. The lowest BCUT2D eigenvalue weighted by Gasteiger charge is -2.44. The Morgan fingerprint density at radius 3 is 2.84 bits per heavy atom. The number of aliphatic hydroxyl groups is 2. The van der Waals surface area contributed by atoms with Crippen molar-refractivity contribution in [2.24, 2.45) is 28.6 Å². The van der Waals surface area contributed by atoms with Crippen molar-refractivity contribution < 1.29 is 29.6 Å². The van der Waals surface area contributed by atoms with Gasteiger partial charge in [-0.25, -0.2) is 0 Å². The van der Waals surface area contributed by atoms with Crippen molar-refractivity contribution in [2.45, 2.75) is 49.9 Å². The van der Waals surface area contributed by atoms with E-state index in [1.54, 1.807) is 19.1 Å². The first-order valence-electron chi connectivity index (χ1n) is 8.86. The van der Waals surface area contributed by atoms with Crippen LogP contribution in [0.1, 0.15) is 32.6 Å². The topological polar surface area (TPSA) is 104 Å². The Labute approximate surface area is 145 Å². The lowest BCUT2D eigenvalue weighted by molar-refractivity contribution is -0.163. The summed E-state index contributed by atoms with van der Waals surface area (Å²) in [5, 5.41) is 31.6. The lowest BCUT2D eigenvalue weighted by Crippen LogP contribution is -2.50. The average Bonchev–Trinajstić information content (AvgIpc) is 2.95. The van der Waals surface area contributed by atoms with Crippen molar-refractivity contribution in [3.8, 4) is 0 Å². The number of carbonyl (C=O) groups excluding carboxylic acids is 1. The summed E-state index contributed by atoms with van der Waals surface area (Å²) in [5.74, 6) is -3.18. The van der Waals surface area contributed by atoms with Crippen LogP contribution >= 0.6 is 0 Å². The molecular formula is C19H22O6. The molecule has 6 nitrogen and oxygen atoms in total. The van der Waals surface area contributed by atoms with E-state index < -0.39 is 51.9 Å². The first-order chi connectivity index (χ1) is 11.6. The summed E-state index contributed by atoms with van der Waals surface area (Å²) in [5.41, 5.74) is -3.29. The highest BCUT2D eigenvalue weighted by Crippen LogP contribution is 2.77. The molecule has 5 aliphatic rings. The van der Waals surface area contributed by atoms with Gasteiger partial charge >= 0.3 is 11.9 Å². The summed E-state index contributed by atoms with van der Waals surface area (Å²) in [7, 11) is 0. The quantitative estimate of drug-likeness (QED) is 0.484. The first-order valence-corrected chi connectivity index (χ1v) is 8.86. The normalized spacial score (nSPS) is 58.0. The Kier molecular flexibility index (Phi) is 2.50. The third-order valence-corrected chi connectivity index (χ3v) is 8.12. The molecule has 0 amide bonds. The highest BCUT2D eigenvalue weighted by atomic mass is 16.6. The van der Waals surface area contributed by atoms with Gasteiger partial charge in [0.1, 0.15) is 11.0 Å². The predicted octanol–water partition coefficient (Wildman–Crippen LogP) is 1.03. The van der Waals surface area contributed by atoms with Crippen LogP contribution in [0.4, 0.5) is 0 Å². The molecule has 4 aliphatic carbocycles. The van der Waals surface area contributed by atoms with Crippen molar-refractivity contribution in [1.82, 2.24) is 0 Å². The molecule has 6 heteroatoms. The smallest absolute Gasteiger partial charge is 0.316 e. The van der Waals surface area contributed by atoms with Gasteiger partial charge in [-0.05, 0) is 49.7 Å². The average molecular weight is 346 g/mol. The number of hydrogen-bond acceptors (Lipinski definition) is 5. The molecule has 25 heavy (non-hydrogen) atoms. The van der Waals surface area contributed by atoms with Gasteiger partial charge < -0.3 is 20.1 Å². The van der Waals surface area contributed by atoms with E-state index in [0.717, 1.165) is 0 Å². The van der Waals surface area contributed by atoms with Gasteiger partial charge in [0.05, 0.1) is 17.6 Å². The molecule has 4 bridgehead atoms. The van der Waals surface area contributed by atoms with Crippen LogP contribution in [0.5, 0.6) is 0 Å². The van der Waals surface area contributed by atoms with Crippen molar-refractivity contribution in [2.75, 3.05) is 0 Å². The molecule has 1 spiro atoms. The third-order valence-electron chi connectivity index (χ3n) is 8.12. The summed E-state index contributed by atoms with van der Waals surface area (Å²) in [6.07, 6.45) is 4.11. The van der Waals surface area contributed by atoms with Crippen LogP contribution in [0.2, 0.25) is 0 Å². The lowest BCUT2D eigenvalue weighted by atomic mass is 9.61. The zero-order valence-corrected chi connectivity index (χ0v) is 14.1. The van der Waals surface area contributed by atoms with E-state index in [9.17, 15) is 24.9 Å². The third kappa shape index (κ3) is 1.36. The van der Waals surface area contributed by atoms with E-state index in [4.69, 9.17) is 4.74 Å². The Morgan fingerprint density at radius 2 is 2.16 bits per heavy atom. The zero-order chi connectivity index (χ0) is 18.0. The molecule has 1 heterocycles. The second-order valence-electron chi connectivity index (χ2n) is 8.94. The highest BCUT2D eigenvalue weighted by molar-refractivity contribution is 5.86. The van der Waals surface area contributed by atoms with Crippen molar-refractivity contribution in [3.05, 3.63) is 24.3 Å². The second-order valence-corrected chi connectivity index (χ2v) is 8.94. The van der Waals surface area contributed by atoms with Gasteiger partial charge in [0.15, 0.2) is 0 Å². The van der Waals surface area contributed by atoms with E-state index in [1.165, 1.54) is 0 Å². The molecule has 0 aromatic carbocycles. The molecule has 3 N–H and O–H groups in total. The molecule has 1 saturated heterocycles. The Bertz CT molecular complexity index is 772. The maximum atomic E-state index is 12.7. The largest absolute Gasteiger partial charge is 0.481 e. The fourth-order valence-electron chi connectivity index (χ4n) is 7.13. The summed E-state index contributed by atoms with van der Waals surface area (Å²) in [6.45, 7) is 5.64. The highest BCUT2D eigenvalue weighted by Gasteiger charge is 2.83. The molecule has 1 aliphatic heterocycles. The summed E-state index contributed by atoms with van der Waals surface area (Å²) < 4.78 is 5.87. The van der Waals surface area contributed by atoms with Gasteiger partial charge in [-0.2, -0.15) is 0 Å². The number of hydrogen-bond donors (Lipinski definition) is 3. The van der Waals surface area contributed by atoms with Crippen molar-refractivity contribution in [3.63, 3.8) is 0 Å². The number of carboxylic acids is 1. The van der Waals surface area contributed by atoms with Gasteiger partial charge in [-0.1, -0.05) is 12.7 Å². The number of esters is 1. The number of ether oxygens (including phenoxy) is 1. The Balaban J connectivity index is 1.78. The van der Waals surface area contributed by atoms with Crippen LogP contribution < -0.4 is 0 Å². The molecular weight excluding hydrogens is 324 g/mol. The molecule has 3 saturated carbocycles. The van der Waals surface area contributed by atoms with Crippen molar-refractivity contribution in [1.29, 1.82) is 0 Å². The molecule has 0 aromatic rings. The molecule has 8 atom stereocenters. The summed E-state index contributed by atoms with van der Waals surface area (Å²) >= 11 is 0. The second kappa shape index (κ2) is 4.01. The van der Waals surface area contributed by atoms with E-state index >= 15 is 0 Å². The summed E-state index contributed by atoms with van der Waals surface area (Å²) in [4.78, 5) is 25.1. The van der Waals surface area contributed by atoms with Crippen molar-refractivity contribution >= 4 is 11.9 Å². The predicted molar refractivity (Wildman–Crippen MR) is 85.2 cm³/mol. The van der Waals surface area contributed by atoms with Crippen LogP contribution in [0.15, 0.2) is 24.3 Å².